The van der Waals surface area contributed by atoms with Crippen molar-refractivity contribution in [2.45, 2.75) is 64.5 Å². The largest absolute Gasteiger partial charge is 0.443 e. The van der Waals surface area contributed by atoms with Crippen LogP contribution in [0.1, 0.15) is 63.2 Å². The molecule has 0 atom stereocenters. The standard InChI is InChI=1S/C20H25BrN2O3/c1-20(2,3)26-19(25)23-16-11-7-10-14(15(16)12-17(23)21)18(24)22-13-8-5-4-6-9-13/h7,10-13H,4-6,8-9H2,1-3H3,(H,22,24). The molecule has 1 aromatic carbocycles. The van der Waals surface area contributed by atoms with Crippen molar-refractivity contribution < 1.29 is 14.3 Å². The molecule has 1 aliphatic rings. The van der Waals surface area contributed by atoms with Crippen LogP contribution >= 0.6 is 15.9 Å². The van der Waals surface area contributed by atoms with E-state index in [4.69, 9.17) is 4.74 Å². The summed E-state index contributed by atoms with van der Waals surface area (Å²) < 4.78 is 7.51. The number of carbonyl (C=O) groups is 2. The summed E-state index contributed by atoms with van der Waals surface area (Å²) in [6.45, 7) is 5.48. The van der Waals surface area contributed by atoms with Crippen LogP contribution in [0.4, 0.5) is 4.79 Å². The van der Waals surface area contributed by atoms with Crippen LogP contribution in [0.5, 0.6) is 0 Å². The average molecular weight is 421 g/mol. The zero-order valence-electron chi connectivity index (χ0n) is 15.5. The van der Waals surface area contributed by atoms with Crippen LogP contribution < -0.4 is 5.32 Å². The Morgan fingerprint density at radius 1 is 1.19 bits per heavy atom. The van der Waals surface area contributed by atoms with Crippen molar-refractivity contribution in [3.05, 3.63) is 34.4 Å². The Hall–Kier alpha value is -1.82. The van der Waals surface area contributed by atoms with Crippen molar-refractivity contribution in [2.75, 3.05) is 0 Å². The molecule has 26 heavy (non-hydrogen) atoms. The Kier molecular flexibility index (Phi) is 5.42. The van der Waals surface area contributed by atoms with Gasteiger partial charge in [-0.25, -0.2) is 9.36 Å². The summed E-state index contributed by atoms with van der Waals surface area (Å²) in [6.07, 6.45) is 5.16. The number of amides is 1. The number of carbonyl (C=O) groups excluding carboxylic acids is 2. The number of rotatable bonds is 2. The molecule has 0 bridgehead atoms. The van der Waals surface area contributed by atoms with Crippen LogP contribution in [-0.2, 0) is 4.74 Å². The minimum absolute atomic E-state index is 0.0867. The molecule has 1 heterocycles. The van der Waals surface area contributed by atoms with E-state index in [1.54, 1.807) is 18.2 Å². The summed E-state index contributed by atoms with van der Waals surface area (Å²) in [5.41, 5.74) is 0.641. The fourth-order valence-corrected chi connectivity index (χ4v) is 3.96. The normalized spacial score (nSPS) is 15.8. The average Bonchev–Trinajstić information content (AvgIpc) is 2.89. The number of halogens is 1. The van der Waals surface area contributed by atoms with Crippen LogP contribution in [0.25, 0.3) is 10.9 Å². The third-order valence-electron chi connectivity index (χ3n) is 4.56. The molecule has 0 saturated heterocycles. The lowest BCUT2D eigenvalue weighted by atomic mass is 9.95. The molecule has 0 radical (unpaired) electrons. The lowest BCUT2D eigenvalue weighted by Gasteiger charge is -2.23. The van der Waals surface area contributed by atoms with Crippen molar-refractivity contribution in [2.24, 2.45) is 0 Å². The quantitative estimate of drug-likeness (QED) is 0.721. The Bertz CT molecular complexity index is 829. The first-order valence-corrected chi connectivity index (χ1v) is 9.90. The van der Waals surface area contributed by atoms with Gasteiger partial charge in [-0.3, -0.25) is 4.79 Å². The first-order valence-electron chi connectivity index (χ1n) is 9.10. The molecule has 6 heteroatoms. The number of fused-ring (bicyclic) bond motifs is 1. The van der Waals surface area contributed by atoms with Gasteiger partial charge in [0.05, 0.1) is 10.1 Å². The fraction of sp³-hybridized carbons (Fsp3) is 0.500. The van der Waals surface area contributed by atoms with Gasteiger partial charge in [0.1, 0.15) is 5.60 Å². The Morgan fingerprint density at radius 2 is 1.88 bits per heavy atom. The predicted octanol–water partition coefficient (Wildman–Crippen LogP) is 5.25. The molecular formula is C20H25BrN2O3. The summed E-state index contributed by atoms with van der Waals surface area (Å²) in [5.74, 6) is -0.0867. The smallest absolute Gasteiger partial charge is 0.419 e. The minimum Gasteiger partial charge on any atom is -0.443 e. The molecule has 0 aliphatic heterocycles. The van der Waals surface area contributed by atoms with E-state index >= 15 is 0 Å². The van der Waals surface area contributed by atoms with Crippen LogP contribution in [0, 0.1) is 0 Å². The number of nitrogens with one attached hydrogen (secondary N) is 1. The molecule has 5 nitrogen and oxygen atoms in total. The van der Waals surface area contributed by atoms with Crippen LogP contribution in [0.2, 0.25) is 0 Å². The van der Waals surface area contributed by atoms with Crippen LogP contribution in [0.3, 0.4) is 0 Å². The Balaban J connectivity index is 1.92. The van der Waals surface area contributed by atoms with Gasteiger partial charge in [-0.05, 0) is 67.7 Å². The topological polar surface area (TPSA) is 60.3 Å². The maximum atomic E-state index is 12.8. The highest BCUT2D eigenvalue weighted by molar-refractivity contribution is 9.10. The molecule has 2 aromatic rings. The second kappa shape index (κ2) is 7.43. The molecule has 140 valence electrons. The maximum Gasteiger partial charge on any atom is 0.419 e. The Morgan fingerprint density at radius 3 is 2.54 bits per heavy atom. The van der Waals surface area contributed by atoms with Gasteiger partial charge in [0.15, 0.2) is 0 Å². The first kappa shape index (κ1) is 19.0. The van der Waals surface area contributed by atoms with E-state index in [0.717, 1.165) is 31.1 Å². The van der Waals surface area contributed by atoms with E-state index in [9.17, 15) is 9.59 Å². The molecule has 1 amide bonds. The zero-order chi connectivity index (χ0) is 18.9. The third-order valence-corrected chi connectivity index (χ3v) is 5.15. The van der Waals surface area contributed by atoms with Gasteiger partial charge in [0.25, 0.3) is 5.91 Å². The first-order chi connectivity index (χ1) is 12.3. The van der Waals surface area contributed by atoms with Gasteiger partial charge in [-0.2, -0.15) is 0 Å². The van der Waals surface area contributed by atoms with Crippen molar-refractivity contribution >= 4 is 38.8 Å². The number of ether oxygens (including phenoxy) is 1. The predicted molar refractivity (Wildman–Crippen MR) is 106 cm³/mol. The highest BCUT2D eigenvalue weighted by Crippen LogP contribution is 2.28. The molecule has 3 rings (SSSR count). The van der Waals surface area contributed by atoms with Gasteiger partial charge in [-0.15, -0.1) is 0 Å². The highest BCUT2D eigenvalue weighted by atomic mass is 79.9. The van der Waals surface area contributed by atoms with Crippen molar-refractivity contribution in [1.29, 1.82) is 0 Å². The summed E-state index contributed by atoms with van der Waals surface area (Å²) in [4.78, 5) is 25.4. The summed E-state index contributed by atoms with van der Waals surface area (Å²) in [7, 11) is 0. The zero-order valence-corrected chi connectivity index (χ0v) is 17.1. The highest BCUT2D eigenvalue weighted by Gasteiger charge is 2.24. The van der Waals surface area contributed by atoms with E-state index in [-0.39, 0.29) is 11.9 Å². The lowest BCUT2D eigenvalue weighted by molar-refractivity contribution is 0.0541. The summed E-state index contributed by atoms with van der Waals surface area (Å²) in [5, 5.41) is 3.88. The number of nitrogens with zero attached hydrogens (tertiary/aromatic N) is 1. The van der Waals surface area contributed by atoms with Gasteiger partial charge in [0.2, 0.25) is 0 Å². The van der Waals surface area contributed by atoms with Gasteiger partial charge >= 0.3 is 6.09 Å². The van der Waals surface area contributed by atoms with Gasteiger partial charge in [-0.1, -0.05) is 25.3 Å². The van der Waals surface area contributed by atoms with E-state index in [1.165, 1.54) is 11.0 Å². The van der Waals surface area contributed by atoms with E-state index in [2.05, 4.69) is 21.2 Å². The van der Waals surface area contributed by atoms with Gasteiger partial charge in [0, 0.05) is 17.0 Å². The number of aromatic nitrogens is 1. The lowest BCUT2D eigenvalue weighted by Crippen LogP contribution is -2.36. The van der Waals surface area contributed by atoms with E-state index in [1.807, 2.05) is 26.8 Å². The van der Waals surface area contributed by atoms with Crippen LogP contribution in [0.15, 0.2) is 28.9 Å². The second-order valence-corrected chi connectivity index (χ2v) is 8.64. The molecule has 1 aliphatic carbocycles. The number of hydrogen-bond acceptors (Lipinski definition) is 3. The van der Waals surface area contributed by atoms with Crippen molar-refractivity contribution in [3.63, 3.8) is 0 Å². The Labute approximate surface area is 162 Å². The molecule has 1 N–H and O–H groups in total. The number of benzene rings is 1. The number of hydrogen-bond donors (Lipinski definition) is 1. The van der Waals surface area contributed by atoms with Crippen molar-refractivity contribution in [1.82, 2.24) is 9.88 Å². The van der Waals surface area contributed by atoms with E-state index in [0.29, 0.717) is 15.7 Å². The fourth-order valence-electron chi connectivity index (χ4n) is 3.40. The maximum absolute atomic E-state index is 12.8. The third kappa shape index (κ3) is 4.11. The van der Waals surface area contributed by atoms with Gasteiger partial charge < -0.3 is 10.1 Å². The second-order valence-electron chi connectivity index (χ2n) is 7.83. The monoisotopic (exact) mass is 420 g/mol. The van der Waals surface area contributed by atoms with Crippen molar-refractivity contribution in [3.8, 4) is 0 Å². The SMILES string of the molecule is CC(C)(C)OC(=O)n1c(Br)cc2c(C(=O)NC3CCCCC3)cccc21. The molecule has 0 spiro atoms. The molecule has 0 unspecified atom stereocenters. The van der Waals surface area contributed by atoms with E-state index < -0.39 is 11.7 Å². The molecular weight excluding hydrogens is 396 g/mol. The summed E-state index contributed by atoms with van der Waals surface area (Å²) in [6, 6.07) is 7.46. The molecule has 1 saturated carbocycles. The minimum atomic E-state index is -0.594. The molecule has 1 aromatic heterocycles. The molecule has 1 fully saturated rings. The summed E-state index contributed by atoms with van der Waals surface area (Å²) >= 11 is 3.43. The van der Waals surface area contributed by atoms with Crippen LogP contribution in [-0.4, -0.2) is 28.2 Å².